The van der Waals surface area contributed by atoms with Crippen LogP contribution in [0.15, 0.2) is 6.07 Å². The van der Waals surface area contributed by atoms with Crippen LogP contribution in [0.2, 0.25) is 0 Å². The second-order valence-electron chi connectivity index (χ2n) is 4.52. The molecule has 88 valence electrons. The quantitative estimate of drug-likeness (QED) is 0.842. The van der Waals surface area contributed by atoms with Crippen LogP contribution in [0.1, 0.15) is 30.7 Å². The Balaban J connectivity index is 2.08. The highest BCUT2D eigenvalue weighted by Gasteiger charge is 2.28. The van der Waals surface area contributed by atoms with Gasteiger partial charge in [0.05, 0.1) is 0 Å². The van der Waals surface area contributed by atoms with E-state index in [9.17, 15) is 0 Å². The maximum atomic E-state index is 5.84. The molecule has 2 atom stereocenters. The van der Waals surface area contributed by atoms with Crippen molar-refractivity contribution < 1.29 is 4.74 Å². The SMILES string of the molecule is Cc1cc(C)nc(OC2CCCC2CN)n1. The zero-order chi connectivity index (χ0) is 11.5. The third-order valence-corrected chi connectivity index (χ3v) is 3.11. The average Bonchev–Trinajstić information content (AvgIpc) is 2.63. The highest BCUT2D eigenvalue weighted by atomic mass is 16.5. The Morgan fingerprint density at radius 1 is 1.31 bits per heavy atom. The molecule has 0 spiro atoms. The van der Waals surface area contributed by atoms with Gasteiger partial charge in [-0.05, 0) is 45.7 Å². The summed E-state index contributed by atoms with van der Waals surface area (Å²) in [6.07, 6.45) is 3.62. The molecule has 2 rings (SSSR count). The molecule has 0 saturated heterocycles. The molecule has 1 aromatic heterocycles. The number of ether oxygens (including phenoxy) is 1. The van der Waals surface area contributed by atoms with Crippen molar-refractivity contribution in [2.24, 2.45) is 11.7 Å². The predicted octanol–water partition coefficient (Wildman–Crippen LogP) is 1.60. The normalized spacial score (nSPS) is 24.7. The van der Waals surface area contributed by atoms with Gasteiger partial charge in [0.2, 0.25) is 0 Å². The summed E-state index contributed by atoms with van der Waals surface area (Å²) in [4.78, 5) is 8.58. The molecule has 1 fully saturated rings. The highest BCUT2D eigenvalue weighted by molar-refractivity contribution is 5.11. The number of nitrogens with zero attached hydrogens (tertiary/aromatic N) is 2. The van der Waals surface area contributed by atoms with Crippen LogP contribution < -0.4 is 10.5 Å². The van der Waals surface area contributed by atoms with Gasteiger partial charge in [-0.15, -0.1) is 0 Å². The standard InChI is InChI=1S/C12H19N3O/c1-8-6-9(2)15-12(14-8)16-11-5-3-4-10(11)7-13/h6,10-11H,3-5,7,13H2,1-2H3. The summed E-state index contributed by atoms with van der Waals surface area (Å²) in [6, 6.07) is 2.45. The molecule has 2 N–H and O–H groups in total. The lowest BCUT2D eigenvalue weighted by molar-refractivity contribution is 0.147. The minimum Gasteiger partial charge on any atom is -0.460 e. The smallest absolute Gasteiger partial charge is 0.317 e. The van der Waals surface area contributed by atoms with Gasteiger partial charge in [0.15, 0.2) is 0 Å². The lowest BCUT2D eigenvalue weighted by atomic mass is 10.1. The number of aryl methyl sites for hydroxylation is 2. The van der Waals surface area contributed by atoms with Crippen LogP contribution in [0.4, 0.5) is 0 Å². The van der Waals surface area contributed by atoms with Crippen LogP contribution in [0.25, 0.3) is 0 Å². The van der Waals surface area contributed by atoms with Crippen molar-refractivity contribution in [2.75, 3.05) is 6.54 Å². The Morgan fingerprint density at radius 3 is 2.62 bits per heavy atom. The zero-order valence-electron chi connectivity index (χ0n) is 9.94. The molecule has 16 heavy (non-hydrogen) atoms. The van der Waals surface area contributed by atoms with Crippen LogP contribution in [-0.2, 0) is 0 Å². The van der Waals surface area contributed by atoms with Crippen LogP contribution in [0.3, 0.4) is 0 Å². The maximum Gasteiger partial charge on any atom is 0.317 e. The molecule has 0 radical (unpaired) electrons. The van der Waals surface area contributed by atoms with Gasteiger partial charge in [-0.3, -0.25) is 0 Å². The van der Waals surface area contributed by atoms with E-state index in [0.717, 1.165) is 24.2 Å². The summed E-state index contributed by atoms with van der Waals surface area (Å²) in [5.41, 5.74) is 7.61. The molecule has 0 bridgehead atoms. The van der Waals surface area contributed by atoms with E-state index in [2.05, 4.69) is 9.97 Å². The molecule has 1 aliphatic rings. The monoisotopic (exact) mass is 221 g/mol. The molecule has 0 amide bonds. The fourth-order valence-electron chi connectivity index (χ4n) is 2.31. The number of hydrogen-bond acceptors (Lipinski definition) is 4. The van der Waals surface area contributed by atoms with E-state index < -0.39 is 0 Å². The second kappa shape index (κ2) is 4.78. The van der Waals surface area contributed by atoms with Crippen LogP contribution in [-0.4, -0.2) is 22.6 Å². The second-order valence-corrected chi connectivity index (χ2v) is 4.52. The molecule has 4 nitrogen and oxygen atoms in total. The number of hydrogen-bond donors (Lipinski definition) is 1. The van der Waals surface area contributed by atoms with Crippen molar-refractivity contribution in [1.82, 2.24) is 9.97 Å². The van der Waals surface area contributed by atoms with Crippen LogP contribution in [0.5, 0.6) is 6.01 Å². The molecule has 1 saturated carbocycles. The van der Waals surface area contributed by atoms with E-state index in [1.807, 2.05) is 19.9 Å². The molecule has 2 unspecified atom stereocenters. The Kier molecular flexibility index (Phi) is 3.39. The lowest BCUT2D eigenvalue weighted by Crippen LogP contribution is -2.28. The van der Waals surface area contributed by atoms with E-state index in [1.54, 1.807) is 0 Å². The number of rotatable bonds is 3. The number of nitrogens with two attached hydrogens (primary N) is 1. The summed E-state index contributed by atoms with van der Waals surface area (Å²) in [6.45, 7) is 4.60. The third kappa shape index (κ3) is 2.50. The van der Waals surface area contributed by atoms with Crippen molar-refractivity contribution in [2.45, 2.75) is 39.2 Å². The van der Waals surface area contributed by atoms with Gasteiger partial charge in [0, 0.05) is 17.3 Å². The van der Waals surface area contributed by atoms with Gasteiger partial charge in [0.1, 0.15) is 6.10 Å². The van der Waals surface area contributed by atoms with Gasteiger partial charge < -0.3 is 10.5 Å². The van der Waals surface area contributed by atoms with E-state index in [4.69, 9.17) is 10.5 Å². The first-order valence-electron chi connectivity index (χ1n) is 5.88. The first-order chi connectivity index (χ1) is 7.69. The largest absolute Gasteiger partial charge is 0.460 e. The molecular formula is C12H19N3O. The third-order valence-electron chi connectivity index (χ3n) is 3.11. The van der Waals surface area contributed by atoms with Gasteiger partial charge in [0.25, 0.3) is 0 Å². The van der Waals surface area contributed by atoms with Crippen molar-refractivity contribution in [3.63, 3.8) is 0 Å². The fourth-order valence-corrected chi connectivity index (χ4v) is 2.31. The van der Waals surface area contributed by atoms with Crippen molar-refractivity contribution in [1.29, 1.82) is 0 Å². The lowest BCUT2D eigenvalue weighted by Gasteiger charge is -2.18. The summed E-state index contributed by atoms with van der Waals surface area (Å²) < 4.78 is 5.84. The first kappa shape index (κ1) is 11.3. The van der Waals surface area contributed by atoms with E-state index >= 15 is 0 Å². The Morgan fingerprint density at radius 2 is 2.00 bits per heavy atom. The molecule has 1 heterocycles. The van der Waals surface area contributed by atoms with Crippen molar-refractivity contribution in [3.05, 3.63) is 17.5 Å². The predicted molar refractivity (Wildman–Crippen MR) is 62.3 cm³/mol. The molecule has 0 aromatic carbocycles. The molecule has 1 aromatic rings. The Labute approximate surface area is 96.2 Å². The van der Waals surface area contributed by atoms with Gasteiger partial charge in [-0.25, -0.2) is 9.97 Å². The molecule has 1 aliphatic carbocycles. The van der Waals surface area contributed by atoms with E-state index in [1.165, 1.54) is 6.42 Å². The minimum absolute atomic E-state index is 0.200. The highest BCUT2D eigenvalue weighted by Crippen LogP contribution is 2.27. The Hall–Kier alpha value is -1.16. The summed E-state index contributed by atoms with van der Waals surface area (Å²) >= 11 is 0. The Bertz CT molecular complexity index is 347. The van der Waals surface area contributed by atoms with Crippen LogP contribution >= 0.6 is 0 Å². The van der Waals surface area contributed by atoms with Crippen molar-refractivity contribution >= 4 is 0 Å². The summed E-state index contributed by atoms with van der Waals surface area (Å²) in [5.74, 6) is 0.462. The van der Waals surface area contributed by atoms with Gasteiger partial charge in [-0.2, -0.15) is 0 Å². The van der Waals surface area contributed by atoms with Crippen molar-refractivity contribution in [3.8, 4) is 6.01 Å². The van der Waals surface area contributed by atoms with E-state index in [0.29, 0.717) is 18.5 Å². The van der Waals surface area contributed by atoms with Crippen LogP contribution in [0, 0.1) is 19.8 Å². The summed E-state index contributed by atoms with van der Waals surface area (Å²) in [5, 5.41) is 0. The minimum atomic E-state index is 0.200. The average molecular weight is 221 g/mol. The van der Waals surface area contributed by atoms with Gasteiger partial charge in [-0.1, -0.05) is 0 Å². The molecule has 4 heteroatoms. The molecule has 0 aliphatic heterocycles. The topological polar surface area (TPSA) is 61.0 Å². The van der Waals surface area contributed by atoms with Gasteiger partial charge >= 0.3 is 6.01 Å². The first-order valence-corrected chi connectivity index (χ1v) is 5.88. The number of aromatic nitrogens is 2. The molecular weight excluding hydrogens is 202 g/mol. The maximum absolute atomic E-state index is 5.84. The zero-order valence-corrected chi connectivity index (χ0v) is 9.94. The summed E-state index contributed by atoms with van der Waals surface area (Å²) in [7, 11) is 0. The fraction of sp³-hybridized carbons (Fsp3) is 0.667. The van der Waals surface area contributed by atoms with E-state index in [-0.39, 0.29) is 6.10 Å².